The van der Waals surface area contributed by atoms with Gasteiger partial charge in [-0.25, -0.2) is 4.98 Å². The summed E-state index contributed by atoms with van der Waals surface area (Å²) < 4.78 is 5.18. The molecule has 0 aliphatic rings. The van der Waals surface area contributed by atoms with Gasteiger partial charge in [0.25, 0.3) is 0 Å². The second-order valence-electron chi connectivity index (χ2n) is 2.80. The zero-order valence-electron chi connectivity index (χ0n) is 7.81. The first-order valence-electron chi connectivity index (χ1n) is 4.13. The number of halogens is 1. The van der Waals surface area contributed by atoms with Crippen LogP contribution in [0, 0.1) is 5.41 Å². The SMILES string of the molecule is Cl.N=C(N)c1cccc(-c2ccco2)n1. The Labute approximate surface area is 93.0 Å². The molecule has 0 aliphatic heterocycles. The van der Waals surface area contributed by atoms with Crippen LogP contribution in [0.25, 0.3) is 11.5 Å². The van der Waals surface area contributed by atoms with Crippen molar-refractivity contribution >= 4 is 18.2 Å². The van der Waals surface area contributed by atoms with Crippen molar-refractivity contribution in [3.8, 4) is 11.5 Å². The molecule has 4 nitrogen and oxygen atoms in total. The van der Waals surface area contributed by atoms with Crippen LogP contribution in [-0.2, 0) is 0 Å². The van der Waals surface area contributed by atoms with Crippen molar-refractivity contribution in [2.45, 2.75) is 0 Å². The highest BCUT2D eigenvalue weighted by molar-refractivity contribution is 5.93. The summed E-state index contributed by atoms with van der Waals surface area (Å²) in [6.45, 7) is 0. The highest BCUT2D eigenvalue weighted by Crippen LogP contribution is 2.16. The number of nitrogens with zero attached hydrogens (tertiary/aromatic N) is 1. The number of nitrogens with one attached hydrogen (secondary N) is 1. The van der Waals surface area contributed by atoms with Gasteiger partial charge >= 0.3 is 0 Å². The van der Waals surface area contributed by atoms with Gasteiger partial charge in [0.2, 0.25) is 0 Å². The van der Waals surface area contributed by atoms with Gasteiger partial charge in [-0.3, -0.25) is 5.41 Å². The minimum atomic E-state index is -0.0431. The van der Waals surface area contributed by atoms with Gasteiger partial charge in [-0.15, -0.1) is 12.4 Å². The van der Waals surface area contributed by atoms with E-state index >= 15 is 0 Å². The molecular formula is C10H10ClN3O. The van der Waals surface area contributed by atoms with E-state index in [1.807, 2.05) is 12.1 Å². The summed E-state index contributed by atoms with van der Waals surface area (Å²) in [5.41, 5.74) is 6.47. The lowest BCUT2D eigenvalue weighted by atomic mass is 10.2. The van der Waals surface area contributed by atoms with E-state index in [4.69, 9.17) is 15.6 Å². The lowest BCUT2D eigenvalue weighted by Gasteiger charge is -1.99. The maximum absolute atomic E-state index is 7.24. The van der Waals surface area contributed by atoms with E-state index in [2.05, 4.69) is 4.98 Å². The fourth-order valence-corrected chi connectivity index (χ4v) is 1.15. The van der Waals surface area contributed by atoms with Crippen LogP contribution in [0.5, 0.6) is 0 Å². The van der Waals surface area contributed by atoms with Crippen LogP contribution in [-0.4, -0.2) is 10.8 Å². The highest BCUT2D eigenvalue weighted by Gasteiger charge is 2.04. The first kappa shape index (κ1) is 11.3. The zero-order valence-corrected chi connectivity index (χ0v) is 8.62. The number of rotatable bonds is 2. The summed E-state index contributed by atoms with van der Waals surface area (Å²) in [4.78, 5) is 4.17. The number of amidine groups is 1. The number of pyridine rings is 1. The van der Waals surface area contributed by atoms with Gasteiger partial charge in [0, 0.05) is 0 Å². The van der Waals surface area contributed by atoms with Crippen LogP contribution in [0.1, 0.15) is 5.69 Å². The van der Waals surface area contributed by atoms with Crippen LogP contribution < -0.4 is 5.73 Å². The average molecular weight is 224 g/mol. The molecule has 0 radical (unpaired) electrons. The Hall–Kier alpha value is -1.81. The molecule has 2 aromatic rings. The van der Waals surface area contributed by atoms with Crippen molar-refractivity contribution in [2.75, 3.05) is 0 Å². The first-order valence-corrected chi connectivity index (χ1v) is 4.13. The average Bonchev–Trinajstić information content (AvgIpc) is 2.71. The maximum Gasteiger partial charge on any atom is 0.152 e. The molecular weight excluding hydrogens is 214 g/mol. The fraction of sp³-hybridized carbons (Fsp3) is 0. The Bertz CT molecular complexity index is 453. The molecule has 2 rings (SSSR count). The molecule has 0 aliphatic carbocycles. The molecule has 0 fully saturated rings. The molecule has 0 unspecified atom stereocenters. The van der Waals surface area contributed by atoms with E-state index in [1.54, 1.807) is 24.5 Å². The molecule has 2 heterocycles. The number of nitrogen functional groups attached to an aromatic ring is 1. The Morgan fingerprint density at radius 2 is 2.07 bits per heavy atom. The largest absolute Gasteiger partial charge is 0.463 e. The van der Waals surface area contributed by atoms with Gasteiger partial charge in [-0.1, -0.05) is 6.07 Å². The number of furan rings is 1. The minimum absolute atomic E-state index is 0. The van der Waals surface area contributed by atoms with E-state index in [0.29, 0.717) is 17.1 Å². The summed E-state index contributed by atoms with van der Waals surface area (Å²) in [5, 5.41) is 7.24. The molecule has 78 valence electrons. The van der Waals surface area contributed by atoms with Gasteiger partial charge < -0.3 is 10.2 Å². The Balaban J connectivity index is 0.00000112. The Morgan fingerprint density at radius 1 is 1.27 bits per heavy atom. The second-order valence-corrected chi connectivity index (χ2v) is 2.80. The highest BCUT2D eigenvalue weighted by atomic mass is 35.5. The number of hydrogen-bond acceptors (Lipinski definition) is 3. The summed E-state index contributed by atoms with van der Waals surface area (Å²) in [6.07, 6.45) is 1.58. The molecule has 15 heavy (non-hydrogen) atoms. The smallest absolute Gasteiger partial charge is 0.152 e. The third-order valence-corrected chi connectivity index (χ3v) is 1.80. The number of nitrogens with two attached hydrogens (primary N) is 1. The molecule has 0 bridgehead atoms. The number of aromatic nitrogens is 1. The molecule has 0 amide bonds. The van der Waals surface area contributed by atoms with Crippen LogP contribution in [0.15, 0.2) is 41.0 Å². The topological polar surface area (TPSA) is 75.9 Å². The third-order valence-electron chi connectivity index (χ3n) is 1.80. The first-order chi connectivity index (χ1) is 6.77. The van der Waals surface area contributed by atoms with Gasteiger partial charge in [-0.2, -0.15) is 0 Å². The molecule has 2 aromatic heterocycles. The molecule has 5 heteroatoms. The minimum Gasteiger partial charge on any atom is -0.463 e. The van der Waals surface area contributed by atoms with Crippen molar-refractivity contribution in [3.63, 3.8) is 0 Å². The Kier molecular flexibility index (Phi) is 3.46. The van der Waals surface area contributed by atoms with Crippen LogP contribution >= 0.6 is 12.4 Å². The lowest BCUT2D eigenvalue weighted by Crippen LogP contribution is -2.13. The van der Waals surface area contributed by atoms with E-state index < -0.39 is 0 Å². The molecule has 3 N–H and O–H groups in total. The summed E-state index contributed by atoms with van der Waals surface area (Å²) in [5.74, 6) is 0.631. The quantitative estimate of drug-likeness (QED) is 0.604. The van der Waals surface area contributed by atoms with Crippen molar-refractivity contribution in [3.05, 3.63) is 42.3 Å². The van der Waals surface area contributed by atoms with Gasteiger partial charge in [0.15, 0.2) is 5.76 Å². The van der Waals surface area contributed by atoms with Crippen LogP contribution in [0.4, 0.5) is 0 Å². The summed E-state index contributed by atoms with van der Waals surface area (Å²) >= 11 is 0. The lowest BCUT2D eigenvalue weighted by molar-refractivity contribution is 0.580. The standard InChI is InChI=1S/C10H9N3O.ClH/c11-10(12)8-4-1-3-7(13-8)9-5-2-6-14-9;/h1-6H,(H3,11,12);1H. The molecule has 0 atom stereocenters. The summed E-state index contributed by atoms with van der Waals surface area (Å²) in [7, 11) is 0. The van der Waals surface area contributed by atoms with Crippen molar-refractivity contribution in [2.24, 2.45) is 5.73 Å². The van der Waals surface area contributed by atoms with Crippen molar-refractivity contribution in [1.29, 1.82) is 5.41 Å². The van der Waals surface area contributed by atoms with Crippen LogP contribution in [0.3, 0.4) is 0 Å². The normalized spacial score (nSPS) is 9.33. The summed E-state index contributed by atoms with van der Waals surface area (Å²) in [6, 6.07) is 8.89. The second kappa shape index (κ2) is 4.61. The molecule has 0 saturated carbocycles. The number of hydrogen-bond donors (Lipinski definition) is 2. The molecule has 0 saturated heterocycles. The molecule has 0 spiro atoms. The van der Waals surface area contributed by atoms with Crippen molar-refractivity contribution < 1.29 is 4.42 Å². The monoisotopic (exact) mass is 223 g/mol. The molecule has 0 aromatic carbocycles. The maximum atomic E-state index is 7.24. The van der Waals surface area contributed by atoms with Crippen LogP contribution in [0.2, 0.25) is 0 Å². The van der Waals surface area contributed by atoms with Gasteiger partial charge in [0.05, 0.1) is 6.26 Å². The van der Waals surface area contributed by atoms with E-state index in [0.717, 1.165) is 0 Å². The zero-order chi connectivity index (χ0) is 9.97. The predicted octanol–water partition coefficient (Wildman–Crippen LogP) is 2.05. The van der Waals surface area contributed by atoms with E-state index in [1.165, 1.54) is 0 Å². The van der Waals surface area contributed by atoms with E-state index in [-0.39, 0.29) is 18.2 Å². The Morgan fingerprint density at radius 3 is 2.67 bits per heavy atom. The van der Waals surface area contributed by atoms with E-state index in [9.17, 15) is 0 Å². The fourth-order valence-electron chi connectivity index (χ4n) is 1.15. The van der Waals surface area contributed by atoms with Gasteiger partial charge in [-0.05, 0) is 24.3 Å². The van der Waals surface area contributed by atoms with Gasteiger partial charge in [0.1, 0.15) is 17.2 Å². The predicted molar refractivity (Wildman–Crippen MR) is 60.2 cm³/mol. The third kappa shape index (κ3) is 2.35. The van der Waals surface area contributed by atoms with Crippen molar-refractivity contribution in [1.82, 2.24) is 4.98 Å².